The number of amides is 1. The lowest BCUT2D eigenvalue weighted by atomic mass is 9.78. The molecule has 2 aliphatic rings. The van der Waals surface area contributed by atoms with Crippen molar-refractivity contribution < 1.29 is 19.4 Å². The second-order valence-corrected chi connectivity index (χ2v) is 11.5. The van der Waals surface area contributed by atoms with E-state index in [0.29, 0.717) is 18.9 Å². The van der Waals surface area contributed by atoms with Gasteiger partial charge in [-0.15, -0.1) is 0 Å². The topological polar surface area (TPSA) is 62.2 Å². The first-order chi connectivity index (χ1) is 17.1. The molecule has 2 aromatic carbocycles. The van der Waals surface area contributed by atoms with E-state index in [1.54, 1.807) is 12.0 Å². The number of fused-ring (bicyclic) bond motifs is 1. The average Bonchev–Trinajstić information content (AvgIpc) is 2.84. The van der Waals surface area contributed by atoms with Crippen molar-refractivity contribution >= 4 is 6.09 Å². The summed E-state index contributed by atoms with van der Waals surface area (Å²) in [4.78, 5) is 17.6. The summed E-state index contributed by atoms with van der Waals surface area (Å²) in [7, 11) is 1.64. The van der Waals surface area contributed by atoms with E-state index in [0.717, 1.165) is 62.2 Å². The Morgan fingerprint density at radius 1 is 1.14 bits per heavy atom. The first-order valence-electron chi connectivity index (χ1n) is 13.3. The molecule has 6 heteroatoms. The van der Waals surface area contributed by atoms with Crippen LogP contribution in [0.5, 0.6) is 5.75 Å². The molecule has 1 atom stereocenters. The van der Waals surface area contributed by atoms with E-state index in [1.807, 2.05) is 39.0 Å². The Hall–Kier alpha value is -2.57. The third-order valence-corrected chi connectivity index (χ3v) is 7.39. The molecule has 1 aliphatic heterocycles. The number of rotatable bonds is 7. The molecule has 0 spiro atoms. The van der Waals surface area contributed by atoms with Crippen LogP contribution in [0.15, 0.2) is 48.5 Å². The van der Waals surface area contributed by atoms with Gasteiger partial charge in [-0.1, -0.05) is 36.4 Å². The zero-order valence-electron chi connectivity index (χ0n) is 22.3. The normalized spacial score (nSPS) is 21.0. The van der Waals surface area contributed by atoms with Gasteiger partial charge >= 0.3 is 6.09 Å². The standard InChI is InChI=1S/C30H42N2O4/c1-29(2,3)36-28(33)32(21-24-14-17-31(18-15-24)20-23-9-6-5-7-10-23)22-30(34)16-8-11-25-12-13-26(35-4)19-27(25)30/h5-7,9-10,12-13,19,24,34H,8,11,14-18,20-22H2,1-4H3. The molecular weight excluding hydrogens is 452 g/mol. The molecule has 36 heavy (non-hydrogen) atoms. The van der Waals surface area contributed by atoms with Crippen LogP contribution in [0.1, 0.15) is 63.1 Å². The number of methoxy groups -OCH3 is 1. The number of carbonyl (C=O) groups is 1. The minimum atomic E-state index is -1.12. The fourth-order valence-electron chi connectivity index (χ4n) is 5.53. The number of aryl methyl sites for hydroxylation is 1. The molecule has 1 heterocycles. The SMILES string of the molecule is COc1ccc2c(c1)C(O)(CN(CC1CCN(Cc3ccccc3)CC1)C(=O)OC(C)(C)C)CCC2. The van der Waals surface area contributed by atoms with Crippen LogP contribution in [0.25, 0.3) is 0 Å². The van der Waals surface area contributed by atoms with Crippen molar-refractivity contribution in [3.05, 3.63) is 65.2 Å². The maximum Gasteiger partial charge on any atom is 0.410 e. The summed E-state index contributed by atoms with van der Waals surface area (Å²) >= 11 is 0. The van der Waals surface area contributed by atoms with Crippen molar-refractivity contribution in [3.63, 3.8) is 0 Å². The van der Waals surface area contributed by atoms with Gasteiger partial charge in [-0.25, -0.2) is 4.79 Å². The summed E-state index contributed by atoms with van der Waals surface area (Å²) < 4.78 is 11.2. The highest BCUT2D eigenvalue weighted by Gasteiger charge is 2.39. The summed E-state index contributed by atoms with van der Waals surface area (Å²) in [5, 5.41) is 11.9. The minimum absolute atomic E-state index is 0.228. The highest BCUT2D eigenvalue weighted by molar-refractivity contribution is 5.68. The number of likely N-dealkylation sites (tertiary alicyclic amines) is 1. The van der Waals surface area contributed by atoms with Crippen LogP contribution in [0.2, 0.25) is 0 Å². The Kier molecular flexibility index (Phi) is 8.26. The number of aliphatic hydroxyl groups is 1. The van der Waals surface area contributed by atoms with E-state index < -0.39 is 11.2 Å². The number of hydrogen-bond donors (Lipinski definition) is 1. The van der Waals surface area contributed by atoms with Gasteiger partial charge in [0.25, 0.3) is 0 Å². The van der Waals surface area contributed by atoms with Crippen molar-refractivity contribution in [2.24, 2.45) is 5.92 Å². The Balaban J connectivity index is 1.47. The molecule has 0 bridgehead atoms. The molecule has 1 saturated heterocycles. The highest BCUT2D eigenvalue weighted by Crippen LogP contribution is 2.38. The van der Waals surface area contributed by atoms with Crippen molar-refractivity contribution in [1.82, 2.24) is 9.80 Å². The number of carbonyl (C=O) groups excluding carboxylic acids is 1. The molecule has 1 fully saturated rings. The number of ether oxygens (including phenoxy) is 2. The zero-order valence-corrected chi connectivity index (χ0v) is 22.3. The maximum atomic E-state index is 13.3. The molecular formula is C30H42N2O4. The first-order valence-corrected chi connectivity index (χ1v) is 13.3. The third-order valence-electron chi connectivity index (χ3n) is 7.39. The van der Waals surface area contributed by atoms with Gasteiger partial charge in [0.15, 0.2) is 0 Å². The van der Waals surface area contributed by atoms with Gasteiger partial charge in [-0.05, 0) is 101 Å². The van der Waals surface area contributed by atoms with Gasteiger partial charge in [0.1, 0.15) is 17.0 Å². The molecule has 1 N–H and O–H groups in total. The van der Waals surface area contributed by atoms with E-state index in [4.69, 9.17) is 9.47 Å². The van der Waals surface area contributed by atoms with Gasteiger partial charge in [-0.2, -0.15) is 0 Å². The zero-order chi connectivity index (χ0) is 25.8. The predicted molar refractivity (Wildman–Crippen MR) is 142 cm³/mol. The van der Waals surface area contributed by atoms with Crippen molar-refractivity contribution in [1.29, 1.82) is 0 Å². The lowest BCUT2D eigenvalue weighted by molar-refractivity contribution is -0.0352. The molecule has 0 saturated carbocycles. The number of benzene rings is 2. The fourth-order valence-corrected chi connectivity index (χ4v) is 5.53. The Labute approximate surface area is 216 Å². The smallest absolute Gasteiger partial charge is 0.410 e. The van der Waals surface area contributed by atoms with Crippen LogP contribution < -0.4 is 4.74 Å². The number of nitrogens with zero attached hydrogens (tertiary/aromatic N) is 2. The van der Waals surface area contributed by atoms with E-state index >= 15 is 0 Å². The monoisotopic (exact) mass is 494 g/mol. The van der Waals surface area contributed by atoms with Gasteiger partial charge in [0.05, 0.1) is 13.7 Å². The molecule has 1 amide bonds. The van der Waals surface area contributed by atoms with Gasteiger partial charge < -0.3 is 19.5 Å². The second kappa shape index (κ2) is 11.2. The second-order valence-electron chi connectivity index (χ2n) is 11.5. The fraction of sp³-hybridized carbons (Fsp3) is 0.567. The minimum Gasteiger partial charge on any atom is -0.497 e. The van der Waals surface area contributed by atoms with E-state index in [2.05, 4.69) is 35.2 Å². The summed E-state index contributed by atoms with van der Waals surface area (Å²) in [5.74, 6) is 1.10. The summed E-state index contributed by atoms with van der Waals surface area (Å²) in [6.45, 7) is 9.46. The van der Waals surface area contributed by atoms with Gasteiger partial charge in [0, 0.05) is 13.1 Å². The van der Waals surface area contributed by atoms with E-state index in [9.17, 15) is 9.90 Å². The van der Waals surface area contributed by atoms with Crippen LogP contribution >= 0.6 is 0 Å². The van der Waals surface area contributed by atoms with Crippen molar-refractivity contribution in [2.45, 2.75) is 70.6 Å². The Morgan fingerprint density at radius 3 is 2.53 bits per heavy atom. The molecule has 4 rings (SSSR count). The summed E-state index contributed by atoms with van der Waals surface area (Å²) in [5.41, 5.74) is 1.62. The summed E-state index contributed by atoms with van der Waals surface area (Å²) in [6.07, 6.45) is 4.12. The number of piperidine rings is 1. The van der Waals surface area contributed by atoms with Crippen LogP contribution in [0.4, 0.5) is 4.79 Å². The van der Waals surface area contributed by atoms with E-state index in [-0.39, 0.29) is 12.6 Å². The molecule has 6 nitrogen and oxygen atoms in total. The Morgan fingerprint density at radius 2 is 1.86 bits per heavy atom. The molecule has 1 unspecified atom stereocenters. The largest absolute Gasteiger partial charge is 0.497 e. The summed E-state index contributed by atoms with van der Waals surface area (Å²) in [6, 6.07) is 16.5. The molecule has 1 aliphatic carbocycles. The van der Waals surface area contributed by atoms with Crippen molar-refractivity contribution in [3.8, 4) is 5.75 Å². The van der Waals surface area contributed by atoms with Gasteiger partial charge in [0.2, 0.25) is 0 Å². The van der Waals surface area contributed by atoms with Crippen LogP contribution in [-0.4, -0.2) is 59.9 Å². The molecule has 0 radical (unpaired) electrons. The van der Waals surface area contributed by atoms with Crippen molar-refractivity contribution in [2.75, 3.05) is 33.3 Å². The maximum absolute atomic E-state index is 13.3. The van der Waals surface area contributed by atoms with Crippen LogP contribution in [0.3, 0.4) is 0 Å². The highest BCUT2D eigenvalue weighted by atomic mass is 16.6. The number of hydrogen-bond acceptors (Lipinski definition) is 5. The quantitative estimate of drug-likeness (QED) is 0.561. The molecule has 0 aromatic heterocycles. The lowest BCUT2D eigenvalue weighted by Gasteiger charge is -2.41. The molecule has 196 valence electrons. The van der Waals surface area contributed by atoms with Gasteiger partial charge in [-0.3, -0.25) is 4.90 Å². The first kappa shape index (κ1) is 26.5. The predicted octanol–water partition coefficient (Wildman–Crippen LogP) is 5.37. The lowest BCUT2D eigenvalue weighted by Crippen LogP contribution is -2.49. The van der Waals surface area contributed by atoms with Crippen LogP contribution in [-0.2, 0) is 23.3 Å². The third kappa shape index (κ3) is 6.80. The molecule has 2 aromatic rings. The van der Waals surface area contributed by atoms with Crippen LogP contribution in [0, 0.1) is 5.92 Å². The average molecular weight is 495 g/mol. The van der Waals surface area contributed by atoms with E-state index in [1.165, 1.54) is 5.56 Å². The Bertz CT molecular complexity index is 1010.